The monoisotopic (exact) mass is 211 g/mol. The molecule has 1 aromatic carbocycles. The summed E-state index contributed by atoms with van der Waals surface area (Å²) in [6.45, 7) is 6.24. The van der Waals surface area contributed by atoms with E-state index >= 15 is 0 Å². The van der Waals surface area contributed by atoms with Crippen molar-refractivity contribution < 1.29 is 0 Å². The van der Waals surface area contributed by atoms with Gasteiger partial charge >= 0.3 is 0 Å². The number of hydrogen-bond acceptors (Lipinski definition) is 2. The molecule has 0 spiro atoms. The van der Waals surface area contributed by atoms with Crippen LogP contribution >= 0.6 is 0 Å². The quantitative estimate of drug-likeness (QED) is 0.788. The maximum Gasteiger partial charge on any atom is 0.210 e. The number of nitrogens with one attached hydrogen (secondary N) is 1. The molecule has 0 aliphatic heterocycles. The second-order valence-electron chi connectivity index (χ2n) is 4.01. The number of imidazole rings is 1. The summed E-state index contributed by atoms with van der Waals surface area (Å²) in [5.74, 6) is 0.354. The largest absolute Gasteiger partial charge is 0.329 e. The molecule has 0 saturated heterocycles. The first-order valence-corrected chi connectivity index (χ1v) is 5.15. The zero-order chi connectivity index (χ0) is 11.7. The zero-order valence-corrected chi connectivity index (χ0v) is 9.63. The average Bonchev–Trinajstić information content (AvgIpc) is 2.71. The molecule has 80 valence electrons. The van der Waals surface area contributed by atoms with Gasteiger partial charge in [-0.05, 0) is 43.5 Å². The van der Waals surface area contributed by atoms with E-state index in [1.54, 1.807) is 6.20 Å². The Hall–Kier alpha value is -2.08. The highest BCUT2D eigenvalue weighted by Crippen LogP contribution is 2.24. The number of aromatic amines is 1. The van der Waals surface area contributed by atoms with E-state index in [0.29, 0.717) is 5.82 Å². The van der Waals surface area contributed by atoms with Crippen molar-refractivity contribution in [3.63, 3.8) is 0 Å². The lowest BCUT2D eigenvalue weighted by Crippen LogP contribution is -1.89. The fraction of sp³-hybridized carbons (Fsp3) is 0.231. The van der Waals surface area contributed by atoms with E-state index in [9.17, 15) is 0 Å². The van der Waals surface area contributed by atoms with Gasteiger partial charge in [0.15, 0.2) is 0 Å². The summed E-state index contributed by atoms with van der Waals surface area (Å²) in [6.07, 6.45) is 1.70. The number of aryl methyl sites for hydroxylation is 3. The second-order valence-corrected chi connectivity index (χ2v) is 4.01. The Morgan fingerprint density at radius 2 is 1.81 bits per heavy atom. The van der Waals surface area contributed by atoms with Crippen molar-refractivity contribution in [3.8, 4) is 17.3 Å². The van der Waals surface area contributed by atoms with Gasteiger partial charge in [0.05, 0.1) is 11.9 Å². The van der Waals surface area contributed by atoms with Crippen LogP contribution in [-0.2, 0) is 0 Å². The molecule has 0 saturated carbocycles. The number of rotatable bonds is 1. The Morgan fingerprint density at radius 3 is 2.44 bits per heavy atom. The lowest BCUT2D eigenvalue weighted by molar-refractivity contribution is 1.22. The van der Waals surface area contributed by atoms with Gasteiger partial charge < -0.3 is 4.98 Å². The van der Waals surface area contributed by atoms with Gasteiger partial charge in [-0.3, -0.25) is 0 Å². The van der Waals surface area contributed by atoms with E-state index in [0.717, 1.165) is 11.3 Å². The molecule has 0 atom stereocenters. The summed E-state index contributed by atoms with van der Waals surface area (Å²) in [4.78, 5) is 6.98. The molecule has 0 aliphatic rings. The van der Waals surface area contributed by atoms with Crippen molar-refractivity contribution in [2.75, 3.05) is 0 Å². The van der Waals surface area contributed by atoms with Crippen LogP contribution in [0.5, 0.6) is 0 Å². The third kappa shape index (κ3) is 1.70. The van der Waals surface area contributed by atoms with Crippen molar-refractivity contribution in [1.29, 1.82) is 5.26 Å². The van der Waals surface area contributed by atoms with Gasteiger partial charge in [0.2, 0.25) is 5.82 Å². The van der Waals surface area contributed by atoms with Crippen LogP contribution in [0.25, 0.3) is 11.3 Å². The Balaban J connectivity index is 2.56. The topological polar surface area (TPSA) is 52.5 Å². The van der Waals surface area contributed by atoms with Crippen LogP contribution in [0, 0.1) is 32.1 Å². The maximum absolute atomic E-state index is 8.72. The average molecular weight is 211 g/mol. The lowest BCUT2D eigenvalue weighted by atomic mass is 9.99. The molecule has 0 radical (unpaired) electrons. The van der Waals surface area contributed by atoms with Crippen molar-refractivity contribution in [2.45, 2.75) is 20.8 Å². The van der Waals surface area contributed by atoms with Crippen LogP contribution in [0.4, 0.5) is 0 Å². The molecule has 1 aromatic heterocycles. The summed E-state index contributed by atoms with van der Waals surface area (Å²) < 4.78 is 0. The molecule has 0 fully saturated rings. The van der Waals surface area contributed by atoms with Gasteiger partial charge in [0.25, 0.3) is 0 Å². The highest BCUT2D eigenvalue weighted by atomic mass is 14.9. The molecule has 0 amide bonds. The Kier molecular flexibility index (Phi) is 2.49. The molecule has 0 bridgehead atoms. The fourth-order valence-corrected chi connectivity index (χ4v) is 1.77. The molecule has 2 rings (SSSR count). The lowest BCUT2D eigenvalue weighted by Gasteiger charge is -2.07. The van der Waals surface area contributed by atoms with E-state index in [-0.39, 0.29) is 0 Å². The summed E-state index contributed by atoms with van der Waals surface area (Å²) in [7, 11) is 0. The number of aromatic nitrogens is 2. The smallest absolute Gasteiger partial charge is 0.210 e. The minimum atomic E-state index is 0.354. The molecule has 3 nitrogen and oxygen atoms in total. The first-order valence-electron chi connectivity index (χ1n) is 5.15. The highest BCUT2D eigenvalue weighted by molar-refractivity contribution is 5.65. The first kappa shape index (κ1) is 10.4. The van der Waals surface area contributed by atoms with Crippen molar-refractivity contribution in [2.24, 2.45) is 0 Å². The Morgan fingerprint density at radius 1 is 1.12 bits per heavy atom. The molecular formula is C13H13N3. The van der Waals surface area contributed by atoms with Gasteiger partial charge in [-0.25, -0.2) is 4.98 Å². The van der Waals surface area contributed by atoms with Crippen LogP contribution in [0.2, 0.25) is 0 Å². The predicted octanol–water partition coefficient (Wildman–Crippen LogP) is 2.87. The van der Waals surface area contributed by atoms with Crippen LogP contribution in [0.3, 0.4) is 0 Å². The van der Waals surface area contributed by atoms with Crippen LogP contribution in [-0.4, -0.2) is 9.97 Å². The van der Waals surface area contributed by atoms with Gasteiger partial charge in [0, 0.05) is 5.56 Å². The minimum Gasteiger partial charge on any atom is -0.329 e. The molecule has 2 aromatic rings. The summed E-state index contributed by atoms with van der Waals surface area (Å²) in [5.41, 5.74) is 5.72. The third-order valence-electron chi connectivity index (χ3n) is 2.81. The normalized spacial score (nSPS) is 10.1. The van der Waals surface area contributed by atoms with E-state index in [1.165, 1.54) is 16.7 Å². The van der Waals surface area contributed by atoms with E-state index in [4.69, 9.17) is 5.26 Å². The first-order chi connectivity index (χ1) is 7.61. The Bertz CT molecular complexity index is 573. The minimum absolute atomic E-state index is 0.354. The Labute approximate surface area is 94.8 Å². The standard InChI is InChI=1S/C13H13N3/c1-8-4-10(3)11(5-9(8)2)12-7-15-13(6-14)16-12/h4-5,7H,1-3H3,(H,15,16). The third-order valence-corrected chi connectivity index (χ3v) is 2.81. The number of benzene rings is 1. The van der Waals surface area contributed by atoms with Crippen LogP contribution in [0.1, 0.15) is 22.5 Å². The van der Waals surface area contributed by atoms with Gasteiger partial charge in [-0.2, -0.15) is 5.26 Å². The maximum atomic E-state index is 8.72. The molecule has 3 heteroatoms. The number of nitrogens with zero attached hydrogens (tertiary/aromatic N) is 2. The van der Waals surface area contributed by atoms with Crippen molar-refractivity contribution >= 4 is 0 Å². The van der Waals surface area contributed by atoms with Gasteiger partial charge in [-0.15, -0.1) is 0 Å². The van der Waals surface area contributed by atoms with E-state index in [2.05, 4.69) is 42.9 Å². The van der Waals surface area contributed by atoms with Crippen LogP contribution in [0.15, 0.2) is 18.3 Å². The van der Waals surface area contributed by atoms with Crippen molar-refractivity contribution in [1.82, 2.24) is 9.97 Å². The van der Waals surface area contributed by atoms with E-state index < -0.39 is 0 Å². The molecule has 16 heavy (non-hydrogen) atoms. The van der Waals surface area contributed by atoms with Gasteiger partial charge in [-0.1, -0.05) is 6.07 Å². The summed E-state index contributed by atoms with van der Waals surface area (Å²) in [5, 5.41) is 8.72. The second kappa shape index (κ2) is 3.82. The zero-order valence-electron chi connectivity index (χ0n) is 9.63. The molecule has 0 aliphatic carbocycles. The summed E-state index contributed by atoms with van der Waals surface area (Å²) in [6, 6.07) is 6.27. The predicted molar refractivity (Wildman–Crippen MR) is 62.9 cm³/mol. The fourth-order valence-electron chi connectivity index (χ4n) is 1.77. The van der Waals surface area contributed by atoms with Crippen LogP contribution < -0.4 is 0 Å². The van der Waals surface area contributed by atoms with E-state index in [1.807, 2.05) is 6.07 Å². The van der Waals surface area contributed by atoms with Gasteiger partial charge in [0.1, 0.15) is 6.07 Å². The SMILES string of the molecule is Cc1cc(C)c(-c2cnc(C#N)[nH]2)cc1C. The number of hydrogen-bond donors (Lipinski definition) is 1. The number of nitriles is 1. The number of H-pyrrole nitrogens is 1. The summed E-state index contributed by atoms with van der Waals surface area (Å²) >= 11 is 0. The van der Waals surface area contributed by atoms with Crippen molar-refractivity contribution in [3.05, 3.63) is 40.8 Å². The molecule has 0 unspecified atom stereocenters. The highest BCUT2D eigenvalue weighted by Gasteiger charge is 2.07. The molecular weight excluding hydrogens is 198 g/mol. The molecule has 1 heterocycles. The molecule has 1 N–H and O–H groups in total.